The number of alkyl halides is 1. The second-order valence-electron chi connectivity index (χ2n) is 5.16. The molecule has 0 heterocycles. The molecule has 0 aliphatic rings. The molecule has 16 heavy (non-hydrogen) atoms. The Kier molecular flexibility index (Phi) is 4.31. The summed E-state index contributed by atoms with van der Waals surface area (Å²) in [7, 11) is 0. The summed E-state index contributed by atoms with van der Waals surface area (Å²) in [6, 6.07) is 3.55. The molecular weight excluding hydrogens is 230 g/mol. The third-order valence-electron chi connectivity index (χ3n) is 2.89. The molecule has 1 atom stereocenters. The van der Waals surface area contributed by atoms with Crippen LogP contribution >= 0.6 is 11.6 Å². The zero-order valence-electron chi connectivity index (χ0n) is 9.86. The molecule has 0 nitrogen and oxygen atoms in total. The first-order chi connectivity index (χ1) is 7.34. The van der Waals surface area contributed by atoms with E-state index < -0.39 is 5.82 Å². The topological polar surface area (TPSA) is 0 Å². The van der Waals surface area contributed by atoms with Gasteiger partial charge in [0.2, 0.25) is 0 Å². The van der Waals surface area contributed by atoms with E-state index in [1.165, 1.54) is 12.1 Å². The predicted molar refractivity (Wildman–Crippen MR) is 63.7 cm³/mol. The van der Waals surface area contributed by atoms with Gasteiger partial charge in [0.25, 0.3) is 0 Å². The molecule has 1 rings (SSSR count). The smallest absolute Gasteiger partial charge is 0.126 e. The average molecular weight is 247 g/mol. The summed E-state index contributed by atoms with van der Waals surface area (Å²) in [4.78, 5) is 0. The van der Waals surface area contributed by atoms with E-state index in [4.69, 9.17) is 11.6 Å². The molecule has 0 saturated carbocycles. The second-order valence-corrected chi connectivity index (χ2v) is 5.47. The van der Waals surface area contributed by atoms with Crippen molar-refractivity contribution < 1.29 is 8.78 Å². The summed E-state index contributed by atoms with van der Waals surface area (Å²) in [6.45, 7) is 6.16. The van der Waals surface area contributed by atoms with Gasteiger partial charge in [-0.25, -0.2) is 8.78 Å². The maximum atomic E-state index is 13.4. The standard InChI is InChI=1S/C13H17ClF2/c1-13(2,3)10(8-14)6-9-7-11(15)4-5-12(9)16/h4-5,7,10H,6,8H2,1-3H3. The predicted octanol–water partition coefficient (Wildman–Crippen LogP) is 4.41. The van der Waals surface area contributed by atoms with Crippen LogP contribution in [0.4, 0.5) is 8.78 Å². The van der Waals surface area contributed by atoms with E-state index in [9.17, 15) is 8.78 Å². The van der Waals surface area contributed by atoms with Crippen LogP contribution in [0.3, 0.4) is 0 Å². The molecule has 0 fully saturated rings. The van der Waals surface area contributed by atoms with Gasteiger partial charge in [0.1, 0.15) is 11.6 Å². The van der Waals surface area contributed by atoms with Crippen molar-refractivity contribution in [2.75, 3.05) is 5.88 Å². The van der Waals surface area contributed by atoms with E-state index in [-0.39, 0.29) is 17.2 Å². The van der Waals surface area contributed by atoms with Crippen LogP contribution in [0.5, 0.6) is 0 Å². The number of benzene rings is 1. The van der Waals surface area contributed by atoms with Gasteiger partial charge in [0.15, 0.2) is 0 Å². The zero-order valence-corrected chi connectivity index (χ0v) is 10.6. The third-order valence-corrected chi connectivity index (χ3v) is 3.26. The van der Waals surface area contributed by atoms with E-state index in [1.807, 2.05) is 0 Å². The van der Waals surface area contributed by atoms with Crippen molar-refractivity contribution in [1.29, 1.82) is 0 Å². The van der Waals surface area contributed by atoms with Gasteiger partial charge in [-0.15, -0.1) is 11.6 Å². The molecule has 1 unspecified atom stereocenters. The highest BCUT2D eigenvalue weighted by Crippen LogP contribution is 2.30. The molecule has 0 amide bonds. The van der Waals surface area contributed by atoms with E-state index in [2.05, 4.69) is 20.8 Å². The van der Waals surface area contributed by atoms with Crippen molar-refractivity contribution in [3.63, 3.8) is 0 Å². The van der Waals surface area contributed by atoms with E-state index in [0.717, 1.165) is 6.07 Å². The van der Waals surface area contributed by atoms with Crippen LogP contribution < -0.4 is 0 Å². The molecule has 0 N–H and O–H groups in total. The highest BCUT2D eigenvalue weighted by molar-refractivity contribution is 6.18. The zero-order chi connectivity index (χ0) is 12.3. The summed E-state index contributed by atoms with van der Waals surface area (Å²) >= 11 is 5.88. The van der Waals surface area contributed by atoms with Crippen LogP contribution in [0.25, 0.3) is 0 Å². The minimum absolute atomic E-state index is 0.0134. The fourth-order valence-electron chi connectivity index (χ4n) is 1.56. The first kappa shape index (κ1) is 13.4. The number of hydrogen-bond donors (Lipinski definition) is 0. The molecule has 1 aromatic rings. The molecule has 0 spiro atoms. The largest absolute Gasteiger partial charge is 0.207 e. The fraction of sp³-hybridized carbons (Fsp3) is 0.538. The highest BCUT2D eigenvalue weighted by Gasteiger charge is 2.25. The Labute approximate surface area is 101 Å². The molecule has 90 valence electrons. The van der Waals surface area contributed by atoms with Crippen LogP contribution in [0, 0.1) is 23.0 Å². The molecule has 0 aliphatic heterocycles. The van der Waals surface area contributed by atoms with Crippen LogP contribution in [0.2, 0.25) is 0 Å². The normalized spacial score (nSPS) is 13.9. The fourth-order valence-corrected chi connectivity index (χ4v) is 2.13. The maximum Gasteiger partial charge on any atom is 0.126 e. The van der Waals surface area contributed by atoms with Crippen molar-refractivity contribution in [3.8, 4) is 0 Å². The molecule has 0 saturated heterocycles. The number of halogens is 3. The van der Waals surface area contributed by atoms with Gasteiger partial charge in [-0.1, -0.05) is 20.8 Å². The van der Waals surface area contributed by atoms with Gasteiger partial charge >= 0.3 is 0 Å². The lowest BCUT2D eigenvalue weighted by atomic mass is 9.78. The Bertz CT molecular complexity index is 355. The van der Waals surface area contributed by atoms with E-state index >= 15 is 0 Å². The molecule has 0 bridgehead atoms. The van der Waals surface area contributed by atoms with Gasteiger partial charge in [-0.2, -0.15) is 0 Å². The van der Waals surface area contributed by atoms with Gasteiger partial charge in [-0.3, -0.25) is 0 Å². The SMILES string of the molecule is CC(C)(C)C(CCl)Cc1cc(F)ccc1F. The monoisotopic (exact) mass is 246 g/mol. The van der Waals surface area contributed by atoms with Gasteiger partial charge in [-0.05, 0) is 41.5 Å². The van der Waals surface area contributed by atoms with Crippen molar-refractivity contribution >= 4 is 11.6 Å². The lowest BCUT2D eigenvalue weighted by molar-refractivity contribution is 0.261. The van der Waals surface area contributed by atoms with Gasteiger partial charge in [0.05, 0.1) is 0 Å². The lowest BCUT2D eigenvalue weighted by Gasteiger charge is -2.29. The lowest BCUT2D eigenvalue weighted by Crippen LogP contribution is -2.24. The van der Waals surface area contributed by atoms with Crippen molar-refractivity contribution in [2.24, 2.45) is 11.3 Å². The van der Waals surface area contributed by atoms with Crippen molar-refractivity contribution in [2.45, 2.75) is 27.2 Å². The summed E-state index contributed by atoms with van der Waals surface area (Å²) in [6.07, 6.45) is 0.469. The first-order valence-electron chi connectivity index (χ1n) is 5.34. The Morgan fingerprint density at radius 3 is 2.38 bits per heavy atom. The molecule has 0 radical (unpaired) electrons. The third kappa shape index (κ3) is 3.44. The molecular formula is C13H17ClF2. The molecule has 0 aliphatic carbocycles. The van der Waals surface area contributed by atoms with Gasteiger partial charge < -0.3 is 0 Å². The van der Waals surface area contributed by atoms with E-state index in [0.29, 0.717) is 17.9 Å². The summed E-state index contributed by atoms with van der Waals surface area (Å²) in [5, 5.41) is 0. The molecule has 1 aromatic carbocycles. The van der Waals surface area contributed by atoms with Crippen molar-refractivity contribution in [1.82, 2.24) is 0 Å². The van der Waals surface area contributed by atoms with Crippen molar-refractivity contribution in [3.05, 3.63) is 35.4 Å². The van der Waals surface area contributed by atoms with Crippen LogP contribution in [0.1, 0.15) is 26.3 Å². The first-order valence-corrected chi connectivity index (χ1v) is 5.88. The molecule has 0 aromatic heterocycles. The summed E-state index contributed by atoms with van der Waals surface area (Å²) < 4.78 is 26.4. The minimum Gasteiger partial charge on any atom is -0.207 e. The number of rotatable bonds is 3. The van der Waals surface area contributed by atoms with Crippen LogP contribution in [0.15, 0.2) is 18.2 Å². The Hall–Kier alpha value is -0.630. The quantitative estimate of drug-likeness (QED) is 0.693. The summed E-state index contributed by atoms with van der Waals surface area (Å²) in [5.74, 6) is -0.190. The number of hydrogen-bond acceptors (Lipinski definition) is 0. The average Bonchev–Trinajstić information content (AvgIpc) is 2.17. The minimum atomic E-state index is -0.404. The molecule has 3 heteroatoms. The second kappa shape index (κ2) is 5.13. The van der Waals surface area contributed by atoms with Crippen LogP contribution in [-0.2, 0) is 6.42 Å². The maximum absolute atomic E-state index is 13.4. The Morgan fingerprint density at radius 1 is 1.25 bits per heavy atom. The van der Waals surface area contributed by atoms with Crippen LogP contribution in [-0.4, -0.2) is 5.88 Å². The van der Waals surface area contributed by atoms with Gasteiger partial charge in [0, 0.05) is 5.88 Å². The van der Waals surface area contributed by atoms with E-state index in [1.54, 1.807) is 0 Å². The Balaban J connectivity index is 2.90. The summed E-state index contributed by atoms with van der Waals surface area (Å²) in [5.41, 5.74) is 0.390. The Morgan fingerprint density at radius 2 is 1.88 bits per heavy atom. The highest BCUT2D eigenvalue weighted by atomic mass is 35.5.